The largest absolute Gasteiger partial charge is 0.445 e. The summed E-state index contributed by atoms with van der Waals surface area (Å²) in [6.07, 6.45) is -0.282. The molecule has 5 rings (SSSR count). The second kappa shape index (κ2) is 12.8. The van der Waals surface area contributed by atoms with Crippen LogP contribution in [0, 0.1) is 5.82 Å². The Kier molecular flexibility index (Phi) is 8.77. The van der Waals surface area contributed by atoms with Crippen molar-refractivity contribution in [2.75, 3.05) is 0 Å². The van der Waals surface area contributed by atoms with Crippen molar-refractivity contribution in [3.63, 3.8) is 0 Å². The van der Waals surface area contributed by atoms with Crippen LogP contribution in [0.25, 0.3) is 0 Å². The average molecular weight is 565 g/mol. The first-order valence-corrected chi connectivity index (χ1v) is 14.0. The first-order valence-electron chi connectivity index (χ1n) is 14.0. The summed E-state index contributed by atoms with van der Waals surface area (Å²) in [7, 11) is 0. The van der Waals surface area contributed by atoms with Crippen molar-refractivity contribution in [3.05, 3.63) is 142 Å². The fraction of sp³-hybridized carbons (Fsp3) is 0.229. The van der Waals surface area contributed by atoms with Crippen LogP contribution in [0.15, 0.2) is 103 Å². The van der Waals surface area contributed by atoms with Crippen LogP contribution in [0.1, 0.15) is 58.1 Å². The lowest BCUT2D eigenvalue weighted by Crippen LogP contribution is -2.54. The fourth-order valence-electron chi connectivity index (χ4n) is 5.36. The summed E-state index contributed by atoms with van der Waals surface area (Å²) >= 11 is 0. The van der Waals surface area contributed by atoms with Gasteiger partial charge < -0.3 is 9.64 Å². The summed E-state index contributed by atoms with van der Waals surface area (Å²) in [6, 6.07) is 29.1. The number of benzene rings is 4. The SMILES string of the molecule is CC(=O)c1ccc(CN(C(=O)[C@@H]2Cc3ccccc3CN2C(=O)OCc2ccccc2)[C@H](C)c2ccccc2F)cc1. The number of halogens is 1. The zero-order valence-corrected chi connectivity index (χ0v) is 23.7. The molecular formula is C35H33FN2O4. The van der Waals surface area contributed by atoms with Gasteiger partial charge >= 0.3 is 6.09 Å². The third-order valence-electron chi connectivity index (χ3n) is 7.79. The number of carbonyl (C=O) groups is 3. The van der Waals surface area contributed by atoms with Crippen LogP contribution >= 0.6 is 0 Å². The molecule has 2 atom stereocenters. The molecule has 0 radical (unpaired) electrons. The van der Waals surface area contributed by atoms with Crippen molar-refractivity contribution in [3.8, 4) is 0 Å². The number of nitrogens with zero attached hydrogens (tertiary/aromatic N) is 2. The summed E-state index contributed by atoms with van der Waals surface area (Å²) < 4.78 is 20.7. The third-order valence-corrected chi connectivity index (χ3v) is 7.79. The molecule has 0 bridgehead atoms. The smallest absolute Gasteiger partial charge is 0.411 e. The molecule has 0 spiro atoms. The normalized spacial score (nSPS) is 14.9. The van der Waals surface area contributed by atoms with Crippen LogP contribution in [0.2, 0.25) is 0 Å². The van der Waals surface area contributed by atoms with E-state index in [1.54, 1.807) is 54.3 Å². The maximum atomic E-state index is 15.0. The quantitative estimate of drug-likeness (QED) is 0.219. The lowest BCUT2D eigenvalue weighted by Gasteiger charge is -2.40. The maximum absolute atomic E-state index is 15.0. The van der Waals surface area contributed by atoms with Gasteiger partial charge in [-0.1, -0.05) is 97.1 Å². The number of Topliss-reactive ketones (excluding diaryl/α,β-unsaturated/α-hetero) is 1. The Morgan fingerprint density at radius 1 is 0.857 bits per heavy atom. The van der Waals surface area contributed by atoms with E-state index in [9.17, 15) is 18.8 Å². The van der Waals surface area contributed by atoms with Crippen molar-refractivity contribution in [2.24, 2.45) is 0 Å². The van der Waals surface area contributed by atoms with E-state index in [2.05, 4.69) is 0 Å². The molecule has 1 aliphatic heterocycles. The molecule has 0 fully saturated rings. The molecule has 42 heavy (non-hydrogen) atoms. The van der Waals surface area contributed by atoms with Gasteiger partial charge in [0.1, 0.15) is 18.5 Å². The number of rotatable bonds is 8. The van der Waals surface area contributed by atoms with Gasteiger partial charge in [-0.15, -0.1) is 0 Å². The molecule has 0 aromatic heterocycles. The fourth-order valence-corrected chi connectivity index (χ4v) is 5.36. The second-order valence-corrected chi connectivity index (χ2v) is 10.6. The standard InChI is InChI=1S/C35H33FN2O4/c1-24(31-14-8-9-15-32(31)36)37(21-26-16-18-28(19-17-26)25(2)39)34(40)33-20-29-12-6-7-13-30(29)22-38(33)35(41)42-23-27-10-4-3-5-11-27/h3-19,24,33H,20-23H2,1-2H3/t24-,33+/m1/s1. The molecule has 6 nitrogen and oxygen atoms in total. The number of ketones is 1. The highest BCUT2D eigenvalue weighted by molar-refractivity contribution is 5.94. The van der Waals surface area contributed by atoms with Gasteiger partial charge in [0, 0.05) is 24.1 Å². The first-order chi connectivity index (χ1) is 20.3. The summed E-state index contributed by atoms with van der Waals surface area (Å²) in [5.41, 5.74) is 4.50. The van der Waals surface area contributed by atoms with E-state index in [4.69, 9.17) is 4.74 Å². The molecular weight excluding hydrogens is 531 g/mol. The molecule has 0 N–H and O–H groups in total. The number of hydrogen-bond acceptors (Lipinski definition) is 4. The average Bonchev–Trinajstić information content (AvgIpc) is 3.02. The Bertz CT molecular complexity index is 1570. The van der Waals surface area contributed by atoms with E-state index in [1.807, 2.05) is 54.6 Å². The van der Waals surface area contributed by atoms with Crippen LogP contribution in [0.4, 0.5) is 9.18 Å². The first kappa shape index (κ1) is 28.7. The Morgan fingerprint density at radius 3 is 2.19 bits per heavy atom. The van der Waals surface area contributed by atoms with E-state index in [1.165, 1.54) is 17.9 Å². The third kappa shape index (κ3) is 6.41. The van der Waals surface area contributed by atoms with Gasteiger partial charge in [-0.3, -0.25) is 14.5 Å². The number of hydrogen-bond donors (Lipinski definition) is 0. The van der Waals surface area contributed by atoms with E-state index in [0.717, 1.165) is 22.3 Å². The molecule has 0 aliphatic carbocycles. The molecule has 2 amide bonds. The van der Waals surface area contributed by atoms with Gasteiger partial charge in [-0.2, -0.15) is 0 Å². The van der Waals surface area contributed by atoms with Crippen molar-refractivity contribution >= 4 is 17.8 Å². The minimum atomic E-state index is -0.853. The molecule has 4 aromatic carbocycles. The highest BCUT2D eigenvalue weighted by atomic mass is 19.1. The predicted molar refractivity (Wildman–Crippen MR) is 158 cm³/mol. The monoisotopic (exact) mass is 564 g/mol. The van der Waals surface area contributed by atoms with Gasteiger partial charge in [-0.05, 0) is 42.2 Å². The van der Waals surface area contributed by atoms with Gasteiger partial charge in [0.15, 0.2) is 5.78 Å². The number of fused-ring (bicyclic) bond motifs is 1. The molecule has 1 aliphatic rings. The van der Waals surface area contributed by atoms with Gasteiger partial charge in [0.2, 0.25) is 5.91 Å². The predicted octanol–water partition coefficient (Wildman–Crippen LogP) is 6.88. The van der Waals surface area contributed by atoms with Crippen molar-refractivity contribution in [2.45, 2.75) is 52.0 Å². The Morgan fingerprint density at radius 2 is 1.50 bits per heavy atom. The van der Waals surface area contributed by atoms with Crippen molar-refractivity contribution < 1.29 is 23.5 Å². The molecule has 1 heterocycles. The zero-order chi connectivity index (χ0) is 29.6. The van der Waals surface area contributed by atoms with Gasteiger partial charge in [-0.25, -0.2) is 9.18 Å². The minimum Gasteiger partial charge on any atom is -0.445 e. The molecule has 0 saturated carbocycles. The zero-order valence-electron chi connectivity index (χ0n) is 23.7. The van der Waals surface area contributed by atoms with Gasteiger partial charge in [0.25, 0.3) is 0 Å². The van der Waals surface area contributed by atoms with Crippen LogP contribution < -0.4 is 0 Å². The van der Waals surface area contributed by atoms with Crippen molar-refractivity contribution in [1.29, 1.82) is 0 Å². The van der Waals surface area contributed by atoms with Crippen LogP contribution in [0.3, 0.4) is 0 Å². The highest BCUT2D eigenvalue weighted by Gasteiger charge is 2.39. The minimum absolute atomic E-state index is 0.0558. The highest BCUT2D eigenvalue weighted by Crippen LogP contribution is 2.31. The molecule has 0 unspecified atom stereocenters. The van der Waals surface area contributed by atoms with Gasteiger partial charge in [0.05, 0.1) is 12.6 Å². The van der Waals surface area contributed by atoms with Crippen LogP contribution in [0.5, 0.6) is 0 Å². The molecule has 214 valence electrons. The van der Waals surface area contributed by atoms with Crippen molar-refractivity contribution in [1.82, 2.24) is 9.80 Å². The summed E-state index contributed by atoms with van der Waals surface area (Å²) in [4.78, 5) is 42.9. The number of ether oxygens (including phenoxy) is 1. The number of amides is 2. The number of carbonyl (C=O) groups excluding carboxylic acids is 3. The summed E-state index contributed by atoms with van der Waals surface area (Å²) in [5, 5.41) is 0. The van der Waals surface area contributed by atoms with Crippen LogP contribution in [-0.2, 0) is 35.6 Å². The van der Waals surface area contributed by atoms with E-state index < -0.39 is 24.0 Å². The van der Waals surface area contributed by atoms with E-state index >= 15 is 0 Å². The Labute approximate surface area is 245 Å². The van der Waals surface area contributed by atoms with E-state index in [0.29, 0.717) is 17.5 Å². The summed E-state index contributed by atoms with van der Waals surface area (Å²) in [6.45, 7) is 3.75. The summed E-state index contributed by atoms with van der Waals surface area (Å²) in [5.74, 6) is -0.782. The lowest BCUT2D eigenvalue weighted by atomic mass is 9.92. The Hall–Kier alpha value is -4.78. The lowest BCUT2D eigenvalue weighted by molar-refractivity contribution is -0.140. The molecule has 7 heteroatoms. The topological polar surface area (TPSA) is 66.9 Å². The van der Waals surface area contributed by atoms with E-state index in [-0.39, 0.29) is 31.4 Å². The molecule has 0 saturated heterocycles. The molecule has 4 aromatic rings. The maximum Gasteiger partial charge on any atom is 0.411 e. The Balaban J connectivity index is 1.48. The van der Waals surface area contributed by atoms with Crippen LogP contribution in [-0.4, -0.2) is 33.6 Å². The second-order valence-electron chi connectivity index (χ2n) is 10.6.